The Balaban J connectivity index is 1.36. The van der Waals surface area contributed by atoms with Gasteiger partial charge >= 0.3 is 6.01 Å². The van der Waals surface area contributed by atoms with Crippen LogP contribution in [-0.2, 0) is 13.0 Å². The zero-order chi connectivity index (χ0) is 26.8. The van der Waals surface area contributed by atoms with E-state index in [1.54, 1.807) is 0 Å². The van der Waals surface area contributed by atoms with E-state index >= 15 is 0 Å². The van der Waals surface area contributed by atoms with Crippen molar-refractivity contribution >= 4 is 22.3 Å². The topological polar surface area (TPSA) is 80.6 Å². The summed E-state index contributed by atoms with van der Waals surface area (Å²) < 4.78 is 6.33. The average molecular weight is 526 g/mol. The molecule has 8 heteroatoms. The Morgan fingerprint density at radius 3 is 2.77 bits per heavy atom. The molecular formula is C31H39N7O. The van der Waals surface area contributed by atoms with Gasteiger partial charge in [0.15, 0.2) is 0 Å². The highest BCUT2D eigenvalue weighted by atomic mass is 16.5. The summed E-state index contributed by atoms with van der Waals surface area (Å²) in [5.41, 5.74) is 4.86. The van der Waals surface area contributed by atoms with Crippen LogP contribution >= 0.6 is 0 Å². The molecule has 3 aliphatic heterocycles. The lowest BCUT2D eigenvalue weighted by Crippen LogP contribution is -2.51. The number of aryl methyl sites for hydroxylation is 1. The van der Waals surface area contributed by atoms with E-state index in [1.165, 1.54) is 34.0 Å². The van der Waals surface area contributed by atoms with Crippen molar-refractivity contribution in [3.05, 3.63) is 53.2 Å². The number of nitrogens with one attached hydrogen (secondary N) is 1. The highest BCUT2D eigenvalue weighted by Crippen LogP contribution is 2.35. The van der Waals surface area contributed by atoms with Gasteiger partial charge in [0.05, 0.1) is 24.7 Å². The van der Waals surface area contributed by atoms with E-state index < -0.39 is 0 Å². The molecule has 0 bridgehead atoms. The molecule has 2 saturated heterocycles. The number of fused-ring (bicyclic) bond motifs is 2. The fourth-order valence-electron chi connectivity index (χ4n) is 6.51. The number of piperazine rings is 1. The Labute approximate surface area is 231 Å². The van der Waals surface area contributed by atoms with E-state index in [4.69, 9.17) is 14.7 Å². The van der Waals surface area contributed by atoms with Crippen LogP contribution in [0.4, 0.5) is 11.5 Å². The van der Waals surface area contributed by atoms with Crippen LogP contribution in [-0.4, -0.2) is 73.3 Å². The van der Waals surface area contributed by atoms with Crippen molar-refractivity contribution in [3.63, 3.8) is 0 Å². The number of likely N-dealkylation sites (N-methyl/N-ethyl adjacent to an activating group) is 1. The van der Waals surface area contributed by atoms with Crippen LogP contribution in [0, 0.1) is 18.3 Å². The maximum Gasteiger partial charge on any atom is 0.318 e. The highest BCUT2D eigenvalue weighted by molar-refractivity contribution is 5.96. The summed E-state index contributed by atoms with van der Waals surface area (Å²) in [6, 6.07) is 16.5. The van der Waals surface area contributed by atoms with E-state index in [9.17, 15) is 5.26 Å². The summed E-state index contributed by atoms with van der Waals surface area (Å²) >= 11 is 0. The van der Waals surface area contributed by atoms with Gasteiger partial charge in [-0.3, -0.25) is 0 Å². The standard InChI is InChI=1S/C31H39N7O/c1-22-7-3-8-23-9-4-12-28(29(22)23)37-17-6-11-26-27(20-37)34-31(39-21-25-10-5-16-36(25)2)35-30(26)38-18-15-33-24(19-38)13-14-32/h3-4,7-9,12,24-25,33H,5-6,10-11,13,15-21H2,1-2H3/t24-,25-/m0/s1. The lowest BCUT2D eigenvalue weighted by molar-refractivity contribution is 0.187. The van der Waals surface area contributed by atoms with Gasteiger partial charge in [-0.1, -0.05) is 30.3 Å². The molecule has 0 saturated carbocycles. The van der Waals surface area contributed by atoms with E-state index in [1.807, 2.05) is 0 Å². The smallest absolute Gasteiger partial charge is 0.318 e. The van der Waals surface area contributed by atoms with Crippen LogP contribution in [0.5, 0.6) is 6.01 Å². The predicted molar refractivity (Wildman–Crippen MR) is 155 cm³/mol. The minimum absolute atomic E-state index is 0.145. The largest absolute Gasteiger partial charge is 0.462 e. The van der Waals surface area contributed by atoms with Gasteiger partial charge in [0.2, 0.25) is 0 Å². The summed E-state index contributed by atoms with van der Waals surface area (Å²) in [4.78, 5) is 17.3. The number of nitrogens with zero attached hydrogens (tertiary/aromatic N) is 6. The van der Waals surface area contributed by atoms with Gasteiger partial charge in [-0.15, -0.1) is 0 Å². The Hall–Kier alpha value is -3.41. The van der Waals surface area contributed by atoms with Gasteiger partial charge in [-0.2, -0.15) is 15.2 Å². The molecule has 0 spiro atoms. The molecule has 0 amide bonds. The third kappa shape index (κ3) is 5.39. The van der Waals surface area contributed by atoms with E-state index in [0.29, 0.717) is 25.1 Å². The van der Waals surface area contributed by atoms with Crippen LogP contribution in [0.1, 0.15) is 42.5 Å². The van der Waals surface area contributed by atoms with Crippen LogP contribution in [0.2, 0.25) is 0 Å². The van der Waals surface area contributed by atoms with Crippen molar-refractivity contribution in [2.45, 2.75) is 57.7 Å². The van der Waals surface area contributed by atoms with Crippen molar-refractivity contribution < 1.29 is 4.74 Å². The molecule has 0 radical (unpaired) electrons. The molecule has 4 heterocycles. The number of aromatic nitrogens is 2. The number of anilines is 2. The van der Waals surface area contributed by atoms with Gasteiger partial charge in [0.25, 0.3) is 0 Å². The molecule has 0 aliphatic carbocycles. The van der Waals surface area contributed by atoms with Crippen LogP contribution in [0.25, 0.3) is 10.8 Å². The Bertz CT molecular complexity index is 1360. The molecule has 204 valence electrons. The third-order valence-electron chi connectivity index (χ3n) is 8.65. The highest BCUT2D eigenvalue weighted by Gasteiger charge is 2.29. The van der Waals surface area contributed by atoms with Crippen molar-refractivity contribution in [3.8, 4) is 12.1 Å². The lowest BCUT2D eigenvalue weighted by Gasteiger charge is -2.35. The first-order valence-corrected chi connectivity index (χ1v) is 14.4. The second kappa shape index (κ2) is 11.4. The van der Waals surface area contributed by atoms with Gasteiger partial charge in [0, 0.05) is 54.9 Å². The van der Waals surface area contributed by atoms with E-state index in [0.717, 1.165) is 70.0 Å². The predicted octanol–water partition coefficient (Wildman–Crippen LogP) is 4.06. The molecule has 8 nitrogen and oxygen atoms in total. The van der Waals surface area contributed by atoms with Gasteiger partial charge in [0.1, 0.15) is 12.4 Å². The lowest BCUT2D eigenvalue weighted by atomic mass is 10.0. The van der Waals surface area contributed by atoms with Crippen LogP contribution < -0.4 is 19.9 Å². The quantitative estimate of drug-likeness (QED) is 0.516. The first kappa shape index (κ1) is 25.8. The summed E-state index contributed by atoms with van der Waals surface area (Å²) in [5, 5.41) is 15.4. The normalized spacial score (nSPS) is 22.0. The third-order valence-corrected chi connectivity index (χ3v) is 8.65. The number of nitriles is 1. The van der Waals surface area contributed by atoms with Crippen molar-refractivity contribution in [1.29, 1.82) is 5.26 Å². The summed E-state index contributed by atoms with van der Waals surface area (Å²) in [6.07, 6.45) is 4.82. The van der Waals surface area contributed by atoms with Crippen LogP contribution in [0.3, 0.4) is 0 Å². The van der Waals surface area contributed by atoms with E-state index in [2.05, 4.69) is 76.5 Å². The van der Waals surface area contributed by atoms with Gasteiger partial charge in [-0.05, 0) is 63.2 Å². The van der Waals surface area contributed by atoms with Gasteiger partial charge in [-0.25, -0.2) is 0 Å². The number of hydrogen-bond acceptors (Lipinski definition) is 8. The van der Waals surface area contributed by atoms with E-state index in [-0.39, 0.29) is 6.04 Å². The van der Waals surface area contributed by atoms with Gasteiger partial charge < -0.3 is 24.8 Å². The average Bonchev–Trinajstić information content (AvgIpc) is 3.24. The monoisotopic (exact) mass is 525 g/mol. The Kier molecular flexibility index (Phi) is 7.53. The second-order valence-electron chi connectivity index (χ2n) is 11.3. The molecule has 2 aromatic carbocycles. The molecule has 3 aliphatic rings. The number of likely N-dealkylation sites (tertiary alicyclic amines) is 1. The molecule has 2 atom stereocenters. The van der Waals surface area contributed by atoms with Crippen molar-refractivity contribution in [1.82, 2.24) is 20.2 Å². The molecule has 0 unspecified atom stereocenters. The Morgan fingerprint density at radius 2 is 1.95 bits per heavy atom. The van der Waals surface area contributed by atoms with Crippen molar-refractivity contribution in [2.24, 2.45) is 0 Å². The number of rotatable bonds is 6. The minimum atomic E-state index is 0.145. The molecule has 1 N–H and O–H groups in total. The SMILES string of the molecule is Cc1cccc2cccc(N3CCCc4c(nc(OC[C@@H]5CCCN5C)nc4N4CCN[C@@H](CC#N)C4)C3)c12. The zero-order valence-electron chi connectivity index (χ0n) is 23.2. The summed E-state index contributed by atoms with van der Waals surface area (Å²) in [5.74, 6) is 0.996. The molecule has 3 aromatic rings. The Morgan fingerprint density at radius 1 is 1.08 bits per heavy atom. The molecule has 2 fully saturated rings. The second-order valence-corrected chi connectivity index (χ2v) is 11.3. The maximum atomic E-state index is 9.31. The maximum absolute atomic E-state index is 9.31. The molecule has 39 heavy (non-hydrogen) atoms. The molecule has 6 rings (SSSR count). The number of benzene rings is 2. The molecule has 1 aromatic heterocycles. The first-order valence-electron chi connectivity index (χ1n) is 14.4. The van der Waals surface area contributed by atoms with Crippen LogP contribution in [0.15, 0.2) is 36.4 Å². The number of ether oxygens (including phenoxy) is 1. The zero-order valence-corrected chi connectivity index (χ0v) is 23.2. The first-order chi connectivity index (χ1) is 19.1. The van der Waals surface area contributed by atoms with Crippen molar-refractivity contribution in [2.75, 3.05) is 56.2 Å². The summed E-state index contributed by atoms with van der Waals surface area (Å²) in [6.45, 7) is 8.10. The minimum Gasteiger partial charge on any atom is -0.462 e. The summed E-state index contributed by atoms with van der Waals surface area (Å²) in [7, 11) is 2.17. The number of hydrogen-bond donors (Lipinski definition) is 1. The molecular weight excluding hydrogens is 486 g/mol. The fraction of sp³-hybridized carbons (Fsp3) is 0.516. The fourth-order valence-corrected chi connectivity index (χ4v) is 6.51.